The standard InChI is InChI=1S/C14H16N2O3/c1-9(17)6-7-15-14(19)12-8-16-13(18)11-5-3-2-4-10(11)12/h2-5,8-9,17H,6-7H2,1H3,(H,15,19)(H,16,18). The molecule has 0 radical (unpaired) electrons. The molecule has 100 valence electrons. The zero-order valence-corrected chi connectivity index (χ0v) is 10.6. The Morgan fingerprint density at radius 1 is 1.37 bits per heavy atom. The van der Waals surface area contributed by atoms with Crippen LogP contribution in [0.1, 0.15) is 23.7 Å². The van der Waals surface area contributed by atoms with Crippen molar-refractivity contribution in [3.8, 4) is 0 Å². The average molecular weight is 260 g/mol. The molecule has 5 heteroatoms. The molecule has 1 atom stereocenters. The molecule has 2 rings (SSSR count). The summed E-state index contributed by atoms with van der Waals surface area (Å²) < 4.78 is 0. The number of rotatable bonds is 4. The van der Waals surface area contributed by atoms with Gasteiger partial charge in [-0.25, -0.2) is 0 Å². The summed E-state index contributed by atoms with van der Waals surface area (Å²) in [7, 11) is 0. The third kappa shape index (κ3) is 3.00. The number of aliphatic hydroxyl groups is 1. The van der Waals surface area contributed by atoms with Gasteiger partial charge in [-0.2, -0.15) is 0 Å². The van der Waals surface area contributed by atoms with E-state index < -0.39 is 6.10 Å². The Hall–Kier alpha value is -2.14. The van der Waals surface area contributed by atoms with Gasteiger partial charge in [0.1, 0.15) is 0 Å². The molecular weight excluding hydrogens is 244 g/mol. The zero-order valence-electron chi connectivity index (χ0n) is 10.6. The van der Waals surface area contributed by atoms with Crippen molar-refractivity contribution in [2.75, 3.05) is 6.54 Å². The molecule has 1 aromatic carbocycles. The van der Waals surface area contributed by atoms with Gasteiger partial charge in [0.2, 0.25) is 0 Å². The molecule has 1 aromatic heterocycles. The number of aromatic nitrogens is 1. The van der Waals surface area contributed by atoms with Crippen LogP contribution in [0, 0.1) is 0 Å². The summed E-state index contributed by atoms with van der Waals surface area (Å²) in [5.41, 5.74) is 0.219. The van der Waals surface area contributed by atoms with Crippen LogP contribution in [-0.2, 0) is 0 Å². The Bertz CT molecular complexity index is 646. The molecule has 19 heavy (non-hydrogen) atoms. The summed E-state index contributed by atoms with van der Waals surface area (Å²) in [4.78, 5) is 26.2. The maximum atomic E-state index is 12.0. The number of nitrogens with one attached hydrogen (secondary N) is 2. The van der Waals surface area contributed by atoms with E-state index in [1.165, 1.54) is 6.20 Å². The van der Waals surface area contributed by atoms with E-state index in [-0.39, 0.29) is 11.5 Å². The first-order valence-corrected chi connectivity index (χ1v) is 6.16. The van der Waals surface area contributed by atoms with Gasteiger partial charge in [0.15, 0.2) is 0 Å². The van der Waals surface area contributed by atoms with Gasteiger partial charge in [-0.3, -0.25) is 9.59 Å². The highest BCUT2D eigenvalue weighted by Crippen LogP contribution is 2.13. The number of carbonyl (C=O) groups is 1. The summed E-state index contributed by atoms with van der Waals surface area (Å²) in [5.74, 6) is -0.256. The molecule has 1 amide bonds. The number of aliphatic hydroxyl groups excluding tert-OH is 1. The number of pyridine rings is 1. The number of H-pyrrole nitrogens is 1. The number of aromatic amines is 1. The molecule has 1 heterocycles. The summed E-state index contributed by atoms with van der Waals surface area (Å²) in [6.45, 7) is 2.06. The van der Waals surface area contributed by atoms with Crippen LogP contribution in [-0.4, -0.2) is 28.6 Å². The van der Waals surface area contributed by atoms with Gasteiger partial charge < -0.3 is 15.4 Å². The molecular formula is C14H16N2O3. The third-order valence-corrected chi connectivity index (χ3v) is 2.90. The van der Waals surface area contributed by atoms with Crippen LogP contribution in [0.25, 0.3) is 10.8 Å². The van der Waals surface area contributed by atoms with Crippen LogP contribution < -0.4 is 10.9 Å². The van der Waals surface area contributed by atoms with Gasteiger partial charge in [0.25, 0.3) is 11.5 Å². The maximum Gasteiger partial charge on any atom is 0.255 e. The summed E-state index contributed by atoms with van der Waals surface area (Å²) in [5, 5.41) is 13.0. The molecule has 0 aliphatic rings. The predicted octanol–water partition coefficient (Wildman–Crippen LogP) is 1.03. The molecule has 5 nitrogen and oxygen atoms in total. The van der Waals surface area contributed by atoms with Crippen molar-refractivity contribution in [2.24, 2.45) is 0 Å². The van der Waals surface area contributed by atoms with Crippen LogP contribution >= 0.6 is 0 Å². The first-order valence-electron chi connectivity index (χ1n) is 6.16. The second kappa shape index (κ2) is 5.67. The monoisotopic (exact) mass is 260 g/mol. The minimum atomic E-state index is -0.451. The van der Waals surface area contributed by atoms with Crippen LogP contribution in [0.5, 0.6) is 0 Å². The Balaban J connectivity index is 2.28. The maximum absolute atomic E-state index is 12.0. The fraction of sp³-hybridized carbons (Fsp3) is 0.286. The third-order valence-electron chi connectivity index (χ3n) is 2.90. The number of hydrogen-bond acceptors (Lipinski definition) is 3. The highest BCUT2D eigenvalue weighted by atomic mass is 16.3. The van der Waals surface area contributed by atoms with Crippen LogP contribution in [0.15, 0.2) is 35.3 Å². The average Bonchev–Trinajstić information content (AvgIpc) is 2.39. The van der Waals surface area contributed by atoms with Crippen LogP contribution in [0.3, 0.4) is 0 Å². The van der Waals surface area contributed by atoms with Gasteiger partial charge in [-0.1, -0.05) is 18.2 Å². The molecule has 3 N–H and O–H groups in total. The Morgan fingerprint density at radius 3 is 2.74 bits per heavy atom. The molecule has 0 spiro atoms. The lowest BCUT2D eigenvalue weighted by Crippen LogP contribution is -2.27. The lowest BCUT2D eigenvalue weighted by Gasteiger charge is -2.08. The van der Waals surface area contributed by atoms with Crippen molar-refractivity contribution in [1.29, 1.82) is 0 Å². The van der Waals surface area contributed by atoms with Gasteiger partial charge >= 0.3 is 0 Å². The van der Waals surface area contributed by atoms with Gasteiger partial charge in [0.05, 0.1) is 11.7 Å². The molecule has 0 aliphatic heterocycles. The summed E-state index contributed by atoms with van der Waals surface area (Å²) >= 11 is 0. The lowest BCUT2D eigenvalue weighted by molar-refractivity contribution is 0.0947. The van der Waals surface area contributed by atoms with Crippen molar-refractivity contribution in [1.82, 2.24) is 10.3 Å². The van der Waals surface area contributed by atoms with Crippen LogP contribution in [0.4, 0.5) is 0 Å². The molecule has 1 unspecified atom stereocenters. The van der Waals surface area contributed by atoms with Gasteiger partial charge in [-0.15, -0.1) is 0 Å². The summed E-state index contributed by atoms with van der Waals surface area (Å²) in [6.07, 6.45) is 1.46. The second-order valence-electron chi connectivity index (χ2n) is 4.47. The minimum Gasteiger partial charge on any atom is -0.393 e. The molecule has 0 saturated heterocycles. The molecule has 0 aliphatic carbocycles. The van der Waals surface area contributed by atoms with E-state index in [1.54, 1.807) is 31.2 Å². The van der Waals surface area contributed by atoms with E-state index in [4.69, 9.17) is 5.11 Å². The fourth-order valence-corrected chi connectivity index (χ4v) is 1.89. The van der Waals surface area contributed by atoms with E-state index in [0.717, 1.165) is 0 Å². The van der Waals surface area contributed by atoms with Crippen molar-refractivity contribution < 1.29 is 9.90 Å². The van der Waals surface area contributed by atoms with E-state index in [9.17, 15) is 9.59 Å². The van der Waals surface area contributed by atoms with E-state index in [0.29, 0.717) is 29.3 Å². The highest BCUT2D eigenvalue weighted by Gasteiger charge is 2.11. The number of benzene rings is 1. The Labute approximate surface area is 110 Å². The van der Waals surface area contributed by atoms with Crippen LogP contribution in [0.2, 0.25) is 0 Å². The number of fused-ring (bicyclic) bond motifs is 1. The fourth-order valence-electron chi connectivity index (χ4n) is 1.89. The number of amides is 1. The largest absolute Gasteiger partial charge is 0.393 e. The van der Waals surface area contributed by atoms with E-state index in [2.05, 4.69) is 10.3 Å². The van der Waals surface area contributed by atoms with Crippen molar-refractivity contribution >= 4 is 16.7 Å². The first-order chi connectivity index (χ1) is 9.09. The first kappa shape index (κ1) is 13.3. The van der Waals surface area contributed by atoms with Gasteiger partial charge in [-0.05, 0) is 19.4 Å². The quantitative estimate of drug-likeness (QED) is 0.768. The predicted molar refractivity (Wildman–Crippen MR) is 73.2 cm³/mol. The summed E-state index contributed by atoms with van der Waals surface area (Å²) in [6, 6.07) is 6.97. The zero-order chi connectivity index (χ0) is 13.8. The van der Waals surface area contributed by atoms with E-state index in [1.807, 2.05) is 0 Å². The van der Waals surface area contributed by atoms with Crippen molar-refractivity contribution in [2.45, 2.75) is 19.4 Å². The van der Waals surface area contributed by atoms with Gasteiger partial charge in [0, 0.05) is 23.5 Å². The second-order valence-corrected chi connectivity index (χ2v) is 4.47. The normalized spacial score (nSPS) is 12.3. The Kier molecular flexibility index (Phi) is 3.97. The smallest absolute Gasteiger partial charge is 0.255 e. The Morgan fingerprint density at radius 2 is 2.05 bits per heavy atom. The number of carbonyl (C=O) groups excluding carboxylic acids is 1. The lowest BCUT2D eigenvalue weighted by atomic mass is 10.1. The SMILES string of the molecule is CC(O)CCNC(=O)c1c[nH]c(=O)c2ccccc12. The molecule has 0 saturated carbocycles. The molecule has 0 bridgehead atoms. The van der Waals surface area contributed by atoms with E-state index >= 15 is 0 Å². The van der Waals surface area contributed by atoms with Crippen molar-refractivity contribution in [3.05, 3.63) is 46.4 Å². The molecule has 0 fully saturated rings. The minimum absolute atomic E-state index is 0.212. The van der Waals surface area contributed by atoms with Crippen molar-refractivity contribution in [3.63, 3.8) is 0 Å². The topological polar surface area (TPSA) is 82.2 Å². The highest BCUT2D eigenvalue weighted by molar-refractivity contribution is 6.06. The molecule has 2 aromatic rings. The number of hydrogen-bond donors (Lipinski definition) is 3.